The van der Waals surface area contributed by atoms with Gasteiger partial charge in [-0.3, -0.25) is 0 Å². The van der Waals surface area contributed by atoms with Crippen LogP contribution in [0.3, 0.4) is 0 Å². The lowest BCUT2D eigenvalue weighted by Crippen LogP contribution is -2.38. The Balaban J connectivity index is 1.41. The number of rotatable bonds is 13. The molecule has 2 aliphatic heterocycles. The summed E-state index contributed by atoms with van der Waals surface area (Å²) < 4.78 is 18.6. The molecule has 2 N–H and O–H groups in total. The second-order valence-corrected chi connectivity index (χ2v) is 12.3. The maximum absolute atomic E-state index is 10.7. The molecule has 0 aromatic carbocycles. The van der Waals surface area contributed by atoms with Crippen LogP contribution >= 0.6 is 0 Å². The summed E-state index contributed by atoms with van der Waals surface area (Å²) in [4.78, 5) is 10.5. The number of aliphatic hydroxyl groups is 2. The van der Waals surface area contributed by atoms with Crippen LogP contribution in [0.15, 0.2) is 48.1 Å². The molecule has 0 saturated carbocycles. The van der Waals surface area contributed by atoms with E-state index in [2.05, 4.69) is 50.8 Å². The van der Waals surface area contributed by atoms with Gasteiger partial charge in [0.2, 0.25) is 0 Å². The van der Waals surface area contributed by atoms with E-state index in [9.17, 15) is 15.0 Å². The Morgan fingerprint density at radius 1 is 1.23 bits per heavy atom. The first-order chi connectivity index (χ1) is 19.3. The lowest BCUT2D eigenvalue weighted by molar-refractivity contribution is -0.240. The van der Waals surface area contributed by atoms with Gasteiger partial charge in [-0.15, -0.1) is 0 Å². The maximum Gasteiger partial charge on any atom is 0.161 e. The van der Waals surface area contributed by atoms with E-state index in [1.54, 1.807) is 0 Å². The average Bonchev–Trinajstić information content (AvgIpc) is 3.25. The van der Waals surface area contributed by atoms with Gasteiger partial charge in [0, 0.05) is 24.7 Å². The lowest BCUT2D eigenvalue weighted by atomic mass is 9.88. The van der Waals surface area contributed by atoms with Crippen molar-refractivity contribution in [3.63, 3.8) is 0 Å². The Bertz CT molecular complexity index is 862. The highest BCUT2D eigenvalue weighted by Crippen LogP contribution is 2.33. The molecular formula is C34H54O6. The Morgan fingerprint density at radius 2 is 2.05 bits per heavy atom. The van der Waals surface area contributed by atoms with Crippen LogP contribution in [0.1, 0.15) is 91.4 Å². The zero-order valence-corrected chi connectivity index (χ0v) is 25.1. The molecule has 0 bridgehead atoms. The fourth-order valence-corrected chi connectivity index (χ4v) is 6.29. The van der Waals surface area contributed by atoms with Crippen molar-refractivity contribution in [3.05, 3.63) is 48.1 Å². The van der Waals surface area contributed by atoms with Crippen molar-refractivity contribution in [1.82, 2.24) is 0 Å². The molecule has 1 aliphatic carbocycles. The van der Waals surface area contributed by atoms with Crippen LogP contribution < -0.4 is 0 Å². The lowest BCUT2D eigenvalue weighted by Gasteiger charge is -2.35. The highest BCUT2D eigenvalue weighted by molar-refractivity contribution is 5.49. The molecule has 3 aliphatic rings. The average molecular weight is 559 g/mol. The van der Waals surface area contributed by atoms with Crippen molar-refractivity contribution in [1.29, 1.82) is 0 Å². The van der Waals surface area contributed by atoms with Crippen molar-refractivity contribution in [3.8, 4) is 0 Å². The summed E-state index contributed by atoms with van der Waals surface area (Å²) in [6.07, 6.45) is 19.9. The fraction of sp³-hybridized carbons (Fsp3) is 0.735. The molecule has 6 nitrogen and oxygen atoms in total. The molecule has 2 heterocycles. The summed E-state index contributed by atoms with van der Waals surface area (Å²) in [5, 5.41) is 21.3. The zero-order chi connectivity index (χ0) is 28.9. The first-order valence-corrected chi connectivity index (χ1v) is 15.6. The molecule has 226 valence electrons. The highest BCUT2D eigenvalue weighted by Gasteiger charge is 2.33. The molecule has 0 spiro atoms. The second kappa shape index (κ2) is 17.4. The van der Waals surface area contributed by atoms with E-state index in [4.69, 9.17) is 14.2 Å². The van der Waals surface area contributed by atoms with Gasteiger partial charge in [0.1, 0.15) is 6.29 Å². The van der Waals surface area contributed by atoms with E-state index in [0.717, 1.165) is 63.2 Å². The van der Waals surface area contributed by atoms with Crippen molar-refractivity contribution < 1.29 is 29.2 Å². The number of ether oxygens (including phenoxy) is 3. The van der Waals surface area contributed by atoms with Crippen LogP contribution in [0.25, 0.3) is 0 Å². The number of carbonyl (C=O) groups excluding carboxylic acids is 1. The van der Waals surface area contributed by atoms with E-state index in [1.807, 2.05) is 6.92 Å². The monoisotopic (exact) mass is 558 g/mol. The molecule has 40 heavy (non-hydrogen) atoms. The number of aliphatic hydroxyl groups excluding tert-OH is 2. The minimum absolute atomic E-state index is 0.00136. The molecule has 0 amide bonds. The number of unbranched alkanes of at least 4 members (excludes halogenated alkanes) is 1. The Kier molecular flexibility index (Phi) is 14.3. The third-order valence-corrected chi connectivity index (χ3v) is 8.97. The number of carbonyl (C=O) groups is 1. The number of hydrogen-bond donors (Lipinski definition) is 2. The molecule has 2 fully saturated rings. The number of aldehydes is 1. The summed E-state index contributed by atoms with van der Waals surface area (Å²) in [7, 11) is 0. The molecule has 9 unspecified atom stereocenters. The summed E-state index contributed by atoms with van der Waals surface area (Å²) >= 11 is 0. The minimum Gasteiger partial charge on any atom is -0.393 e. The van der Waals surface area contributed by atoms with E-state index in [-0.39, 0.29) is 30.5 Å². The number of hydrogen-bond acceptors (Lipinski definition) is 6. The van der Waals surface area contributed by atoms with E-state index < -0.39 is 6.10 Å². The standard InChI is InChI=1S/C34H54O6/c1-5-25(3)33-26(4)32(37)21-28(23-39-33)13-8-11-27-12-9-14-29(16-15-27)34-38-19-17-31(40-34)22-30(36)20-24(2)10-6-7-18-35/h5,8-9,11-12,18,26-34,36-37H,2,6-7,10,13-17,19-23H2,1,3-4H3. The number of allylic oxidation sites excluding steroid dienone is 5. The predicted molar refractivity (Wildman–Crippen MR) is 160 cm³/mol. The smallest absolute Gasteiger partial charge is 0.161 e. The van der Waals surface area contributed by atoms with Gasteiger partial charge in [0.25, 0.3) is 0 Å². The molecule has 0 aromatic heterocycles. The molecule has 2 saturated heterocycles. The first kappa shape index (κ1) is 32.9. The van der Waals surface area contributed by atoms with Crippen molar-refractivity contribution in [2.45, 2.75) is 122 Å². The van der Waals surface area contributed by atoms with Crippen molar-refractivity contribution in [2.75, 3.05) is 13.2 Å². The summed E-state index contributed by atoms with van der Waals surface area (Å²) in [5.74, 6) is 1.14. The van der Waals surface area contributed by atoms with Crippen LogP contribution in [0.4, 0.5) is 0 Å². The van der Waals surface area contributed by atoms with Gasteiger partial charge in [-0.2, -0.15) is 0 Å². The summed E-state index contributed by atoms with van der Waals surface area (Å²) in [5.41, 5.74) is 2.19. The normalized spacial score (nSPS) is 34.8. The topological polar surface area (TPSA) is 85.2 Å². The maximum atomic E-state index is 10.7. The predicted octanol–water partition coefficient (Wildman–Crippen LogP) is 6.47. The molecule has 6 heteroatoms. The van der Waals surface area contributed by atoms with Crippen LogP contribution in [-0.4, -0.2) is 60.4 Å². The Hall–Kier alpha value is -1.57. The second-order valence-electron chi connectivity index (χ2n) is 12.3. The summed E-state index contributed by atoms with van der Waals surface area (Å²) in [6, 6.07) is 0. The van der Waals surface area contributed by atoms with Gasteiger partial charge >= 0.3 is 0 Å². The quantitative estimate of drug-likeness (QED) is 0.153. The van der Waals surface area contributed by atoms with Crippen molar-refractivity contribution in [2.24, 2.45) is 23.7 Å². The third-order valence-electron chi connectivity index (χ3n) is 8.97. The van der Waals surface area contributed by atoms with Gasteiger partial charge < -0.3 is 29.2 Å². The summed E-state index contributed by atoms with van der Waals surface area (Å²) in [6.45, 7) is 11.6. The molecular weight excluding hydrogens is 504 g/mol. The largest absolute Gasteiger partial charge is 0.393 e. The van der Waals surface area contributed by atoms with Gasteiger partial charge in [-0.1, -0.05) is 49.5 Å². The Morgan fingerprint density at radius 3 is 2.83 bits per heavy atom. The fourth-order valence-electron chi connectivity index (χ4n) is 6.29. The minimum atomic E-state index is -0.475. The van der Waals surface area contributed by atoms with Crippen LogP contribution in [0, 0.1) is 23.7 Å². The van der Waals surface area contributed by atoms with Crippen LogP contribution in [-0.2, 0) is 19.0 Å². The SMILES string of the molecule is C=C(CCCC=O)CC(O)CC1CCOC(C2CC=CC(C=CCC3COC(C(C)=CC)C(C)C(O)C3)CC2)O1. The molecule has 0 radical (unpaired) electrons. The zero-order valence-electron chi connectivity index (χ0n) is 25.1. The first-order valence-electron chi connectivity index (χ1n) is 15.6. The molecule has 9 atom stereocenters. The van der Waals surface area contributed by atoms with Crippen LogP contribution in [0.2, 0.25) is 0 Å². The van der Waals surface area contributed by atoms with Gasteiger partial charge in [-0.05, 0) is 89.0 Å². The van der Waals surface area contributed by atoms with Gasteiger partial charge in [0.15, 0.2) is 6.29 Å². The van der Waals surface area contributed by atoms with E-state index in [1.165, 1.54) is 5.57 Å². The third kappa shape index (κ3) is 10.7. The van der Waals surface area contributed by atoms with Crippen LogP contribution in [0.5, 0.6) is 0 Å². The van der Waals surface area contributed by atoms with Gasteiger partial charge in [-0.25, -0.2) is 0 Å². The van der Waals surface area contributed by atoms with E-state index in [0.29, 0.717) is 50.2 Å². The van der Waals surface area contributed by atoms with Crippen molar-refractivity contribution >= 4 is 6.29 Å². The van der Waals surface area contributed by atoms with E-state index >= 15 is 0 Å². The van der Waals surface area contributed by atoms with Gasteiger partial charge in [0.05, 0.1) is 37.6 Å². The Labute approximate surface area is 242 Å². The molecule has 0 aromatic rings. The molecule has 3 rings (SSSR count). The highest BCUT2D eigenvalue weighted by atomic mass is 16.7.